The molecule has 0 saturated carbocycles. The van der Waals surface area contributed by atoms with Crippen LogP contribution in [0, 0.1) is 0 Å². The average molecular weight is 423 g/mol. The van der Waals surface area contributed by atoms with E-state index < -0.39 is 0 Å². The Bertz CT molecular complexity index is 1220. The number of hydrogen-bond donors (Lipinski definition) is 2. The molecule has 0 spiro atoms. The molecule has 0 atom stereocenters. The molecule has 4 rings (SSSR count). The van der Waals surface area contributed by atoms with Gasteiger partial charge in [0, 0.05) is 17.0 Å². The summed E-state index contributed by atoms with van der Waals surface area (Å²) < 4.78 is 10.5. The number of nitrogens with zero attached hydrogens (tertiary/aromatic N) is 3. The van der Waals surface area contributed by atoms with Crippen LogP contribution in [-0.2, 0) is 11.2 Å². The Hall–Kier alpha value is -3.33. The summed E-state index contributed by atoms with van der Waals surface area (Å²) in [5.41, 5.74) is 4.16. The smallest absolute Gasteiger partial charge is 0.234 e. The predicted molar refractivity (Wildman–Crippen MR) is 117 cm³/mol. The van der Waals surface area contributed by atoms with Crippen LogP contribution in [0.15, 0.2) is 41.6 Å². The Morgan fingerprint density at radius 3 is 2.77 bits per heavy atom. The van der Waals surface area contributed by atoms with Crippen molar-refractivity contribution in [3.05, 3.63) is 42.0 Å². The van der Waals surface area contributed by atoms with Crippen LogP contribution in [0.1, 0.15) is 12.5 Å². The van der Waals surface area contributed by atoms with Crippen molar-refractivity contribution in [1.82, 2.24) is 20.2 Å². The van der Waals surface area contributed by atoms with Crippen molar-refractivity contribution in [2.75, 3.05) is 25.3 Å². The number of thioether (sulfide) groups is 1. The van der Waals surface area contributed by atoms with Crippen LogP contribution in [0.4, 0.5) is 5.69 Å². The molecule has 4 aromatic rings. The first kappa shape index (κ1) is 20.0. The molecule has 0 aliphatic rings. The van der Waals surface area contributed by atoms with E-state index in [1.165, 1.54) is 24.4 Å². The van der Waals surface area contributed by atoms with Crippen molar-refractivity contribution in [2.45, 2.75) is 18.5 Å². The lowest BCUT2D eigenvalue weighted by molar-refractivity contribution is -0.113. The summed E-state index contributed by atoms with van der Waals surface area (Å²) in [6.07, 6.45) is 0.950. The van der Waals surface area contributed by atoms with E-state index in [9.17, 15) is 4.79 Å². The summed E-state index contributed by atoms with van der Waals surface area (Å²) in [6, 6.07) is 11.4. The van der Waals surface area contributed by atoms with Crippen LogP contribution in [0.25, 0.3) is 22.1 Å². The van der Waals surface area contributed by atoms with Crippen LogP contribution < -0.4 is 14.8 Å². The van der Waals surface area contributed by atoms with Crippen LogP contribution in [0.2, 0.25) is 0 Å². The van der Waals surface area contributed by atoms with Crippen LogP contribution in [-0.4, -0.2) is 46.0 Å². The van der Waals surface area contributed by atoms with Gasteiger partial charge in [-0.2, -0.15) is 0 Å². The molecule has 9 heteroatoms. The number of carbonyl (C=O) groups excluding carboxylic acids is 1. The van der Waals surface area contributed by atoms with Crippen LogP contribution >= 0.6 is 11.8 Å². The van der Waals surface area contributed by atoms with E-state index in [4.69, 9.17) is 9.47 Å². The number of H-pyrrole nitrogens is 1. The quantitative estimate of drug-likeness (QED) is 0.436. The second kappa shape index (κ2) is 8.58. The van der Waals surface area contributed by atoms with Crippen molar-refractivity contribution in [3.63, 3.8) is 0 Å². The number of rotatable bonds is 7. The number of aromatic nitrogens is 4. The standard InChI is InChI=1S/C21H21N5O3S/c1-4-12-5-7-15-14(9-12)19-20(23-15)24-21(26-25-19)30-11-18(27)22-16-8-6-13(28-2)10-17(16)29-3/h5-10H,4,11H2,1-3H3,(H,22,27)(H,23,24,26). The summed E-state index contributed by atoms with van der Waals surface area (Å²) in [5.74, 6) is 1.12. The highest BCUT2D eigenvalue weighted by molar-refractivity contribution is 7.99. The molecule has 2 aromatic carbocycles. The Balaban J connectivity index is 1.47. The molecule has 0 fully saturated rings. The van der Waals surface area contributed by atoms with Crippen molar-refractivity contribution in [2.24, 2.45) is 0 Å². The molecule has 0 radical (unpaired) electrons. The van der Waals surface area contributed by atoms with E-state index in [1.807, 2.05) is 6.07 Å². The lowest BCUT2D eigenvalue weighted by Gasteiger charge is -2.11. The van der Waals surface area contributed by atoms with E-state index in [2.05, 4.69) is 44.5 Å². The molecule has 8 nitrogen and oxygen atoms in total. The first-order chi connectivity index (χ1) is 14.6. The summed E-state index contributed by atoms with van der Waals surface area (Å²) in [4.78, 5) is 20.2. The summed E-state index contributed by atoms with van der Waals surface area (Å²) >= 11 is 1.22. The molecular weight excluding hydrogens is 402 g/mol. The monoisotopic (exact) mass is 423 g/mol. The second-order valence-corrected chi connectivity index (χ2v) is 7.50. The highest BCUT2D eigenvalue weighted by Crippen LogP contribution is 2.29. The predicted octanol–water partition coefficient (Wildman–Crippen LogP) is 3.82. The van der Waals surface area contributed by atoms with Gasteiger partial charge in [-0.25, -0.2) is 4.98 Å². The van der Waals surface area contributed by atoms with Crippen molar-refractivity contribution in [1.29, 1.82) is 0 Å². The molecule has 2 aromatic heterocycles. The molecule has 30 heavy (non-hydrogen) atoms. The van der Waals surface area contributed by atoms with Crippen molar-refractivity contribution in [3.8, 4) is 11.5 Å². The Labute approximate surface area is 177 Å². The first-order valence-electron chi connectivity index (χ1n) is 9.41. The Morgan fingerprint density at radius 1 is 1.13 bits per heavy atom. The van der Waals surface area contributed by atoms with E-state index in [1.54, 1.807) is 25.3 Å². The van der Waals surface area contributed by atoms with Gasteiger partial charge in [0.2, 0.25) is 11.1 Å². The SMILES string of the molecule is CCc1ccc2[nH]c3nc(SCC(=O)Nc4ccc(OC)cc4OC)nnc3c2c1. The van der Waals surface area contributed by atoms with Gasteiger partial charge in [0.1, 0.15) is 17.0 Å². The molecule has 0 bridgehead atoms. The first-order valence-corrected chi connectivity index (χ1v) is 10.4. The van der Waals surface area contributed by atoms with Gasteiger partial charge >= 0.3 is 0 Å². The highest BCUT2D eigenvalue weighted by Gasteiger charge is 2.13. The van der Waals surface area contributed by atoms with Gasteiger partial charge in [0.05, 0.1) is 25.7 Å². The van der Waals surface area contributed by atoms with Gasteiger partial charge in [-0.15, -0.1) is 10.2 Å². The lowest BCUT2D eigenvalue weighted by Crippen LogP contribution is -2.15. The minimum Gasteiger partial charge on any atom is -0.497 e. The zero-order valence-corrected chi connectivity index (χ0v) is 17.7. The maximum Gasteiger partial charge on any atom is 0.234 e. The average Bonchev–Trinajstić information content (AvgIpc) is 3.14. The van der Waals surface area contributed by atoms with E-state index >= 15 is 0 Å². The van der Waals surface area contributed by atoms with E-state index in [0.29, 0.717) is 28.0 Å². The van der Waals surface area contributed by atoms with Crippen LogP contribution in [0.3, 0.4) is 0 Å². The number of fused-ring (bicyclic) bond motifs is 3. The fourth-order valence-electron chi connectivity index (χ4n) is 3.10. The van der Waals surface area contributed by atoms with Crippen LogP contribution in [0.5, 0.6) is 11.5 Å². The number of methoxy groups -OCH3 is 2. The second-order valence-electron chi connectivity index (χ2n) is 6.55. The third-order valence-electron chi connectivity index (χ3n) is 4.68. The molecule has 0 unspecified atom stereocenters. The fourth-order valence-corrected chi connectivity index (χ4v) is 3.69. The van der Waals surface area contributed by atoms with Crippen molar-refractivity contribution < 1.29 is 14.3 Å². The van der Waals surface area contributed by atoms with Gasteiger partial charge in [0.25, 0.3) is 0 Å². The largest absolute Gasteiger partial charge is 0.497 e. The third kappa shape index (κ3) is 4.02. The number of aromatic amines is 1. The maximum absolute atomic E-state index is 12.4. The molecule has 154 valence electrons. The van der Waals surface area contributed by atoms with Gasteiger partial charge in [0.15, 0.2) is 5.65 Å². The highest BCUT2D eigenvalue weighted by atomic mass is 32.2. The number of amides is 1. The third-order valence-corrected chi connectivity index (χ3v) is 5.52. The van der Waals surface area contributed by atoms with Crippen molar-refractivity contribution >= 4 is 45.4 Å². The van der Waals surface area contributed by atoms with E-state index in [0.717, 1.165) is 22.8 Å². The molecule has 2 N–H and O–H groups in total. The molecule has 0 aliphatic heterocycles. The molecule has 0 aliphatic carbocycles. The Kier molecular flexibility index (Phi) is 5.71. The molecular formula is C21H21N5O3S. The normalized spacial score (nSPS) is 11.0. The summed E-state index contributed by atoms with van der Waals surface area (Å²) in [5, 5.41) is 12.8. The number of anilines is 1. The number of benzene rings is 2. The number of aryl methyl sites for hydroxylation is 1. The number of hydrogen-bond acceptors (Lipinski definition) is 7. The zero-order chi connectivity index (χ0) is 21.1. The minimum absolute atomic E-state index is 0.141. The minimum atomic E-state index is -0.198. The number of carbonyl (C=O) groups is 1. The van der Waals surface area contributed by atoms with Gasteiger partial charge in [-0.3, -0.25) is 4.79 Å². The van der Waals surface area contributed by atoms with Gasteiger partial charge < -0.3 is 19.8 Å². The van der Waals surface area contributed by atoms with Gasteiger partial charge in [-0.1, -0.05) is 24.8 Å². The number of ether oxygens (including phenoxy) is 2. The zero-order valence-electron chi connectivity index (χ0n) is 16.9. The molecule has 2 heterocycles. The van der Waals surface area contributed by atoms with E-state index in [-0.39, 0.29) is 11.7 Å². The molecule has 0 saturated heterocycles. The lowest BCUT2D eigenvalue weighted by atomic mass is 10.1. The molecule has 1 amide bonds. The maximum atomic E-state index is 12.4. The van der Waals surface area contributed by atoms with Gasteiger partial charge in [-0.05, 0) is 36.2 Å². The summed E-state index contributed by atoms with van der Waals surface area (Å²) in [7, 11) is 3.11. The number of nitrogens with one attached hydrogen (secondary N) is 2. The Morgan fingerprint density at radius 2 is 2.00 bits per heavy atom. The topological polar surface area (TPSA) is 102 Å². The fraction of sp³-hybridized carbons (Fsp3) is 0.238. The summed E-state index contributed by atoms with van der Waals surface area (Å²) in [6.45, 7) is 2.11.